The van der Waals surface area contributed by atoms with Crippen LogP contribution in [0.25, 0.3) is 22.6 Å². The van der Waals surface area contributed by atoms with Gasteiger partial charge in [0.05, 0.1) is 11.2 Å². The topological polar surface area (TPSA) is 72.0 Å². The van der Waals surface area contributed by atoms with E-state index < -0.39 is 5.60 Å². The number of aromatic nitrogens is 3. The molecule has 22 heavy (non-hydrogen) atoms. The second kappa shape index (κ2) is 5.35. The smallest absolute Gasteiger partial charge is 0.259 e. The van der Waals surface area contributed by atoms with Crippen LogP contribution in [0.1, 0.15) is 25.2 Å². The van der Waals surface area contributed by atoms with Gasteiger partial charge in [0.2, 0.25) is 0 Å². The molecule has 1 N–H and O–H groups in total. The van der Waals surface area contributed by atoms with Gasteiger partial charge in [-0.2, -0.15) is 4.98 Å². The van der Waals surface area contributed by atoms with Crippen LogP contribution in [0.5, 0.6) is 0 Å². The molecule has 0 unspecified atom stereocenters. The van der Waals surface area contributed by atoms with Crippen LogP contribution in [-0.2, 0) is 5.60 Å². The van der Waals surface area contributed by atoms with Crippen molar-refractivity contribution in [1.29, 1.82) is 0 Å². The van der Waals surface area contributed by atoms with Crippen LogP contribution < -0.4 is 0 Å². The molecule has 3 aromatic rings. The number of benzene rings is 1. The summed E-state index contributed by atoms with van der Waals surface area (Å²) in [5.41, 5.74) is 2.77. The minimum absolute atomic E-state index is 0.458. The molecule has 0 bridgehead atoms. The van der Waals surface area contributed by atoms with Crippen molar-refractivity contribution in [2.45, 2.75) is 26.4 Å². The van der Waals surface area contributed by atoms with E-state index in [2.05, 4.69) is 15.1 Å². The number of rotatable bonds is 3. The molecule has 0 spiro atoms. The normalized spacial score (nSPS) is 11.6. The summed E-state index contributed by atoms with van der Waals surface area (Å²) in [5.74, 6) is 1.05. The van der Waals surface area contributed by atoms with Crippen molar-refractivity contribution in [2.24, 2.45) is 0 Å². The highest BCUT2D eigenvalue weighted by Crippen LogP contribution is 2.27. The summed E-state index contributed by atoms with van der Waals surface area (Å²) in [6, 6.07) is 9.72. The van der Waals surface area contributed by atoms with Gasteiger partial charge in [-0.25, -0.2) is 0 Å². The fourth-order valence-electron chi connectivity index (χ4n) is 2.20. The van der Waals surface area contributed by atoms with E-state index in [1.165, 1.54) is 0 Å². The molecule has 0 aliphatic rings. The first-order valence-corrected chi connectivity index (χ1v) is 7.02. The van der Waals surface area contributed by atoms with Crippen LogP contribution in [0.2, 0.25) is 0 Å². The van der Waals surface area contributed by atoms with Gasteiger partial charge in [-0.1, -0.05) is 29.4 Å². The first kappa shape index (κ1) is 14.4. The van der Waals surface area contributed by atoms with Gasteiger partial charge in [0.25, 0.3) is 5.89 Å². The number of aliphatic hydroxyl groups is 1. The van der Waals surface area contributed by atoms with E-state index in [1.54, 1.807) is 33.2 Å². The number of aryl methyl sites for hydroxylation is 1. The fraction of sp³-hybridized carbons (Fsp3) is 0.235. The lowest BCUT2D eigenvalue weighted by Crippen LogP contribution is -2.14. The quantitative estimate of drug-likeness (QED) is 0.802. The maximum absolute atomic E-state index is 10.0. The molecule has 5 nitrogen and oxygen atoms in total. The van der Waals surface area contributed by atoms with Gasteiger partial charge in [-0.3, -0.25) is 4.98 Å². The molecule has 2 heterocycles. The zero-order chi connectivity index (χ0) is 15.7. The summed E-state index contributed by atoms with van der Waals surface area (Å²) in [7, 11) is 0. The first-order chi connectivity index (χ1) is 10.4. The predicted octanol–water partition coefficient (Wildman–Crippen LogP) is 3.33. The molecule has 1 aromatic carbocycles. The summed E-state index contributed by atoms with van der Waals surface area (Å²) in [6.07, 6.45) is 3.48. The zero-order valence-electron chi connectivity index (χ0n) is 12.7. The minimum atomic E-state index is -0.847. The zero-order valence-corrected chi connectivity index (χ0v) is 12.7. The van der Waals surface area contributed by atoms with Crippen molar-refractivity contribution >= 4 is 0 Å². The van der Waals surface area contributed by atoms with Crippen molar-refractivity contribution in [3.8, 4) is 22.6 Å². The Bertz CT molecular complexity index is 786. The van der Waals surface area contributed by atoms with Crippen molar-refractivity contribution in [2.75, 3.05) is 0 Å². The lowest BCUT2D eigenvalue weighted by Gasteiger charge is -2.17. The Kier molecular flexibility index (Phi) is 3.50. The Morgan fingerprint density at radius 3 is 2.27 bits per heavy atom. The third-order valence-electron chi connectivity index (χ3n) is 3.44. The maximum atomic E-state index is 10.0. The fourth-order valence-corrected chi connectivity index (χ4v) is 2.20. The van der Waals surface area contributed by atoms with E-state index in [4.69, 9.17) is 4.52 Å². The summed E-state index contributed by atoms with van der Waals surface area (Å²) in [6.45, 7) is 5.31. The highest BCUT2D eigenvalue weighted by molar-refractivity contribution is 5.68. The van der Waals surface area contributed by atoms with Crippen molar-refractivity contribution < 1.29 is 9.63 Å². The van der Waals surface area contributed by atoms with E-state index >= 15 is 0 Å². The highest BCUT2D eigenvalue weighted by Gasteiger charge is 2.15. The average Bonchev–Trinajstić information content (AvgIpc) is 2.93. The molecule has 0 aliphatic carbocycles. The molecular formula is C17H17N3O2. The monoisotopic (exact) mass is 295 g/mol. The molecule has 112 valence electrons. The molecule has 0 radical (unpaired) electrons. The Balaban J connectivity index is 1.95. The van der Waals surface area contributed by atoms with Crippen LogP contribution in [0.15, 0.2) is 47.2 Å². The van der Waals surface area contributed by atoms with Gasteiger partial charge in [0.1, 0.15) is 0 Å². The Morgan fingerprint density at radius 2 is 1.68 bits per heavy atom. The largest absolute Gasteiger partial charge is 0.386 e. The molecule has 0 aliphatic heterocycles. The van der Waals surface area contributed by atoms with Gasteiger partial charge in [-0.05, 0) is 38.0 Å². The average molecular weight is 295 g/mol. The van der Waals surface area contributed by atoms with E-state index in [-0.39, 0.29) is 0 Å². The van der Waals surface area contributed by atoms with E-state index in [0.29, 0.717) is 11.7 Å². The van der Waals surface area contributed by atoms with Crippen molar-refractivity contribution in [3.63, 3.8) is 0 Å². The summed E-state index contributed by atoms with van der Waals surface area (Å²) in [4.78, 5) is 8.45. The third kappa shape index (κ3) is 2.89. The van der Waals surface area contributed by atoms with Gasteiger partial charge in [-0.15, -0.1) is 0 Å². The molecule has 0 atom stereocenters. The van der Waals surface area contributed by atoms with Gasteiger partial charge >= 0.3 is 0 Å². The molecule has 5 heteroatoms. The van der Waals surface area contributed by atoms with Crippen LogP contribution >= 0.6 is 0 Å². The predicted molar refractivity (Wildman–Crippen MR) is 82.9 cm³/mol. The number of nitrogens with zero attached hydrogens (tertiary/aromatic N) is 3. The van der Waals surface area contributed by atoms with Crippen LogP contribution in [0.3, 0.4) is 0 Å². The molecule has 2 aromatic heterocycles. The Hall–Kier alpha value is -2.53. The molecule has 0 fully saturated rings. The standard InChI is InChI=1S/C17H17N3O2/c1-11-19-16(22-20-11)14-8-13(9-18-10-14)12-4-6-15(7-5-12)17(2,3)21/h4-10,21H,1-3H3. The van der Waals surface area contributed by atoms with E-state index in [1.807, 2.05) is 30.3 Å². The van der Waals surface area contributed by atoms with Crippen LogP contribution in [0, 0.1) is 6.92 Å². The van der Waals surface area contributed by atoms with Gasteiger partial charge < -0.3 is 9.63 Å². The second-order valence-corrected chi connectivity index (χ2v) is 5.75. The Labute approximate surface area is 128 Å². The SMILES string of the molecule is Cc1noc(-c2cncc(-c3ccc(C(C)(C)O)cc3)c2)n1. The van der Waals surface area contributed by atoms with Gasteiger partial charge in [0.15, 0.2) is 5.82 Å². The molecule has 3 rings (SSSR count). The highest BCUT2D eigenvalue weighted by atomic mass is 16.5. The van der Waals surface area contributed by atoms with E-state index in [0.717, 1.165) is 22.3 Å². The lowest BCUT2D eigenvalue weighted by atomic mass is 9.96. The first-order valence-electron chi connectivity index (χ1n) is 7.02. The molecule has 0 amide bonds. The molecule has 0 saturated heterocycles. The van der Waals surface area contributed by atoms with Crippen LogP contribution in [-0.4, -0.2) is 20.2 Å². The lowest BCUT2D eigenvalue weighted by molar-refractivity contribution is 0.0786. The van der Waals surface area contributed by atoms with Crippen LogP contribution in [0.4, 0.5) is 0 Å². The third-order valence-corrected chi connectivity index (χ3v) is 3.44. The number of hydrogen-bond donors (Lipinski definition) is 1. The van der Waals surface area contributed by atoms with E-state index in [9.17, 15) is 5.11 Å². The van der Waals surface area contributed by atoms with Gasteiger partial charge in [0, 0.05) is 18.0 Å². The second-order valence-electron chi connectivity index (χ2n) is 5.75. The maximum Gasteiger partial charge on any atom is 0.259 e. The minimum Gasteiger partial charge on any atom is -0.386 e. The Morgan fingerprint density at radius 1 is 1.00 bits per heavy atom. The molecule has 0 saturated carbocycles. The summed E-state index contributed by atoms with van der Waals surface area (Å²) >= 11 is 0. The number of hydrogen-bond acceptors (Lipinski definition) is 5. The summed E-state index contributed by atoms with van der Waals surface area (Å²) in [5, 5.41) is 13.8. The summed E-state index contributed by atoms with van der Waals surface area (Å²) < 4.78 is 5.17. The van der Waals surface area contributed by atoms with Crippen molar-refractivity contribution in [1.82, 2.24) is 15.1 Å². The number of pyridine rings is 1. The molecular weight excluding hydrogens is 278 g/mol. The van der Waals surface area contributed by atoms with Crippen molar-refractivity contribution in [3.05, 3.63) is 54.1 Å².